The van der Waals surface area contributed by atoms with Crippen LogP contribution in [-0.2, 0) is 9.53 Å². The van der Waals surface area contributed by atoms with E-state index >= 15 is 0 Å². The van der Waals surface area contributed by atoms with Crippen molar-refractivity contribution in [3.05, 3.63) is 52.3 Å². The highest BCUT2D eigenvalue weighted by atomic mass is 79.9. The van der Waals surface area contributed by atoms with E-state index in [1.54, 1.807) is 25.1 Å². The van der Waals surface area contributed by atoms with Gasteiger partial charge in [-0.15, -0.1) is 0 Å². The Morgan fingerprint density at radius 2 is 2.14 bits per heavy atom. The second kappa shape index (κ2) is 9.26. The van der Waals surface area contributed by atoms with E-state index in [2.05, 4.69) is 32.0 Å². The first-order chi connectivity index (χ1) is 14.0. The number of halogens is 1. The topological polar surface area (TPSA) is 97.2 Å². The molecule has 0 atom stereocenters. The summed E-state index contributed by atoms with van der Waals surface area (Å²) in [4.78, 5) is 19.2. The Balaban J connectivity index is 1.92. The predicted molar refractivity (Wildman–Crippen MR) is 112 cm³/mol. The molecule has 0 bridgehead atoms. The molecule has 3 aromatic rings. The highest BCUT2D eigenvalue weighted by molar-refractivity contribution is 9.10. The van der Waals surface area contributed by atoms with Gasteiger partial charge in [0.15, 0.2) is 18.1 Å². The van der Waals surface area contributed by atoms with Crippen LogP contribution in [0.4, 0.5) is 0 Å². The van der Waals surface area contributed by atoms with Crippen LogP contribution < -0.4 is 9.47 Å². The second-order valence-corrected chi connectivity index (χ2v) is 6.75. The highest BCUT2D eigenvalue weighted by Gasteiger charge is 2.15. The van der Waals surface area contributed by atoms with Gasteiger partial charge >= 0.3 is 5.97 Å². The number of imidazole rings is 1. The zero-order valence-corrected chi connectivity index (χ0v) is 17.4. The van der Waals surface area contributed by atoms with Crippen LogP contribution in [0.3, 0.4) is 0 Å². The molecule has 0 unspecified atom stereocenters. The van der Waals surface area contributed by atoms with Crippen molar-refractivity contribution in [2.75, 3.05) is 20.3 Å². The SMILES string of the molecule is CCOC(=O)COc1c(Br)cc(/C=C(/C#N)c2nc3ccccc3[nH]2)cc1OC. The number of nitrogens with one attached hydrogen (secondary N) is 1. The van der Waals surface area contributed by atoms with Gasteiger partial charge in [-0.2, -0.15) is 5.26 Å². The number of rotatable bonds is 7. The number of aromatic nitrogens is 2. The number of methoxy groups -OCH3 is 1. The van der Waals surface area contributed by atoms with Gasteiger partial charge in [0.1, 0.15) is 11.9 Å². The first-order valence-corrected chi connectivity index (χ1v) is 9.57. The lowest BCUT2D eigenvalue weighted by Crippen LogP contribution is -2.15. The van der Waals surface area contributed by atoms with Crippen molar-refractivity contribution < 1.29 is 19.0 Å². The zero-order chi connectivity index (χ0) is 20.8. The zero-order valence-electron chi connectivity index (χ0n) is 15.9. The average molecular weight is 456 g/mol. The van der Waals surface area contributed by atoms with Crippen LogP contribution in [0.2, 0.25) is 0 Å². The molecule has 0 spiro atoms. The van der Waals surface area contributed by atoms with Crippen molar-refractivity contribution in [2.24, 2.45) is 0 Å². The first kappa shape index (κ1) is 20.4. The molecule has 1 aromatic heterocycles. The van der Waals surface area contributed by atoms with Crippen LogP contribution in [0.25, 0.3) is 22.7 Å². The molecule has 0 saturated heterocycles. The molecule has 1 heterocycles. The number of carbonyl (C=O) groups is 1. The van der Waals surface area contributed by atoms with Gasteiger partial charge in [-0.25, -0.2) is 9.78 Å². The van der Waals surface area contributed by atoms with Crippen LogP contribution >= 0.6 is 15.9 Å². The molecule has 29 heavy (non-hydrogen) atoms. The summed E-state index contributed by atoms with van der Waals surface area (Å²) in [7, 11) is 1.50. The fourth-order valence-corrected chi connectivity index (χ4v) is 3.27. The molecule has 0 radical (unpaired) electrons. The Labute approximate surface area is 176 Å². The van der Waals surface area contributed by atoms with Crippen molar-refractivity contribution in [2.45, 2.75) is 6.92 Å². The lowest BCUT2D eigenvalue weighted by molar-refractivity contribution is -0.145. The smallest absolute Gasteiger partial charge is 0.344 e. The van der Waals surface area contributed by atoms with Gasteiger partial charge < -0.3 is 19.2 Å². The Hall–Kier alpha value is -3.31. The van der Waals surface area contributed by atoms with Crippen LogP contribution in [0.5, 0.6) is 11.5 Å². The molecule has 2 aromatic carbocycles. The normalized spacial score (nSPS) is 11.2. The monoisotopic (exact) mass is 455 g/mol. The van der Waals surface area contributed by atoms with Gasteiger partial charge in [-0.3, -0.25) is 0 Å². The molecule has 0 amide bonds. The largest absolute Gasteiger partial charge is 0.493 e. The standard InChI is InChI=1S/C21H18BrN3O4/c1-3-28-19(26)12-29-20-15(22)9-13(10-18(20)27-2)8-14(11-23)21-24-16-6-4-5-7-17(16)25-21/h4-10H,3,12H2,1-2H3,(H,24,25)/b14-8-. The van der Waals surface area contributed by atoms with E-state index in [1.165, 1.54) is 7.11 Å². The van der Waals surface area contributed by atoms with E-state index in [4.69, 9.17) is 14.2 Å². The predicted octanol–water partition coefficient (Wildman–Crippen LogP) is 4.34. The summed E-state index contributed by atoms with van der Waals surface area (Å²) < 4.78 is 16.4. The Morgan fingerprint density at radius 3 is 2.83 bits per heavy atom. The molecule has 0 aliphatic heterocycles. The van der Waals surface area contributed by atoms with Crippen molar-refractivity contribution in [3.8, 4) is 17.6 Å². The second-order valence-electron chi connectivity index (χ2n) is 5.90. The molecule has 148 valence electrons. The number of esters is 1. The molecule has 0 aliphatic rings. The third-order valence-corrected chi connectivity index (χ3v) is 4.56. The van der Waals surface area contributed by atoms with E-state index in [0.717, 1.165) is 11.0 Å². The molecule has 0 saturated carbocycles. The number of allylic oxidation sites excluding steroid dienone is 1. The van der Waals surface area contributed by atoms with E-state index in [-0.39, 0.29) is 13.2 Å². The maximum atomic E-state index is 11.6. The average Bonchev–Trinajstić information content (AvgIpc) is 3.15. The third kappa shape index (κ3) is 4.76. The molecular formula is C21H18BrN3O4. The number of nitriles is 1. The number of hydrogen-bond donors (Lipinski definition) is 1. The summed E-state index contributed by atoms with van der Waals surface area (Å²) in [6.45, 7) is 1.77. The summed E-state index contributed by atoms with van der Waals surface area (Å²) in [5.41, 5.74) is 2.71. The number of ether oxygens (including phenoxy) is 3. The fraction of sp³-hybridized carbons (Fsp3) is 0.190. The lowest BCUT2D eigenvalue weighted by atomic mass is 10.1. The number of aromatic amines is 1. The minimum absolute atomic E-state index is 0.236. The Bertz CT molecular complexity index is 1080. The fourth-order valence-electron chi connectivity index (χ4n) is 2.70. The van der Waals surface area contributed by atoms with Gasteiger partial charge in [0.05, 0.1) is 34.8 Å². The van der Waals surface area contributed by atoms with Gasteiger partial charge in [0, 0.05) is 0 Å². The summed E-state index contributed by atoms with van der Waals surface area (Å²) in [5.74, 6) is 0.797. The van der Waals surface area contributed by atoms with Gasteiger partial charge in [0.25, 0.3) is 0 Å². The van der Waals surface area contributed by atoms with E-state index in [9.17, 15) is 10.1 Å². The van der Waals surface area contributed by atoms with Crippen molar-refractivity contribution in [1.29, 1.82) is 5.26 Å². The van der Waals surface area contributed by atoms with Crippen molar-refractivity contribution in [1.82, 2.24) is 9.97 Å². The Kier molecular flexibility index (Phi) is 6.52. The minimum Gasteiger partial charge on any atom is -0.493 e. The highest BCUT2D eigenvalue weighted by Crippen LogP contribution is 2.37. The van der Waals surface area contributed by atoms with Crippen LogP contribution in [0, 0.1) is 11.3 Å². The molecule has 8 heteroatoms. The number of benzene rings is 2. The van der Waals surface area contributed by atoms with Crippen molar-refractivity contribution in [3.63, 3.8) is 0 Å². The minimum atomic E-state index is -0.470. The van der Waals surface area contributed by atoms with Gasteiger partial charge in [-0.05, 0) is 58.8 Å². The van der Waals surface area contributed by atoms with Gasteiger partial charge in [-0.1, -0.05) is 12.1 Å². The van der Waals surface area contributed by atoms with E-state index in [1.807, 2.05) is 24.3 Å². The lowest BCUT2D eigenvalue weighted by Gasteiger charge is -2.13. The Morgan fingerprint density at radius 1 is 1.34 bits per heavy atom. The number of fused-ring (bicyclic) bond motifs is 1. The van der Waals surface area contributed by atoms with Crippen LogP contribution in [0.1, 0.15) is 18.3 Å². The number of carbonyl (C=O) groups excluding carboxylic acids is 1. The van der Waals surface area contributed by atoms with Crippen molar-refractivity contribution >= 4 is 44.6 Å². The van der Waals surface area contributed by atoms with Crippen LogP contribution in [-0.4, -0.2) is 36.3 Å². The summed E-state index contributed by atoms with van der Waals surface area (Å²) in [6.07, 6.45) is 1.69. The van der Waals surface area contributed by atoms with Crippen LogP contribution in [0.15, 0.2) is 40.9 Å². The molecule has 3 rings (SSSR count). The summed E-state index contributed by atoms with van der Waals surface area (Å²) >= 11 is 3.43. The molecular weight excluding hydrogens is 438 g/mol. The third-order valence-electron chi connectivity index (χ3n) is 3.97. The number of nitrogens with zero attached hydrogens (tertiary/aromatic N) is 2. The van der Waals surface area contributed by atoms with E-state index in [0.29, 0.717) is 32.9 Å². The first-order valence-electron chi connectivity index (χ1n) is 8.78. The molecule has 1 N–H and O–H groups in total. The summed E-state index contributed by atoms with van der Waals surface area (Å²) in [5, 5.41) is 9.61. The molecule has 0 fully saturated rings. The number of hydrogen-bond acceptors (Lipinski definition) is 6. The summed E-state index contributed by atoms with van der Waals surface area (Å²) in [6, 6.07) is 13.2. The van der Waals surface area contributed by atoms with E-state index < -0.39 is 5.97 Å². The maximum absolute atomic E-state index is 11.6. The van der Waals surface area contributed by atoms with Gasteiger partial charge in [0.2, 0.25) is 0 Å². The number of para-hydroxylation sites is 2. The maximum Gasteiger partial charge on any atom is 0.344 e. The molecule has 7 nitrogen and oxygen atoms in total. The number of H-pyrrole nitrogens is 1. The molecule has 0 aliphatic carbocycles. The quantitative estimate of drug-likeness (QED) is 0.420.